The number of aromatic nitrogens is 1. The maximum absolute atomic E-state index is 12.4. The van der Waals surface area contributed by atoms with Crippen molar-refractivity contribution in [2.45, 2.75) is 32.2 Å². The predicted octanol–water partition coefficient (Wildman–Crippen LogP) is 2.04. The van der Waals surface area contributed by atoms with Crippen molar-refractivity contribution in [3.8, 4) is 0 Å². The third kappa shape index (κ3) is 3.48. The third-order valence-corrected chi connectivity index (χ3v) is 4.68. The van der Waals surface area contributed by atoms with Crippen LogP contribution in [0, 0.1) is 11.8 Å². The monoisotopic (exact) mass is 328 g/mol. The lowest BCUT2D eigenvalue weighted by Gasteiger charge is -2.25. The Bertz CT molecular complexity index is 827. The lowest BCUT2D eigenvalue weighted by atomic mass is 9.81. The molecule has 1 saturated carbocycles. The molecule has 6 heteroatoms. The summed E-state index contributed by atoms with van der Waals surface area (Å²) in [5, 5.41) is 12.9. The molecule has 3 N–H and O–H groups in total. The summed E-state index contributed by atoms with van der Waals surface area (Å²) in [7, 11) is 0. The Hall–Kier alpha value is -2.63. The Kier molecular flexibility index (Phi) is 4.64. The zero-order chi connectivity index (χ0) is 17.1. The number of carbonyl (C=O) groups is 2. The number of hydrogen-bond donors (Lipinski definition) is 3. The van der Waals surface area contributed by atoms with Gasteiger partial charge in [-0.3, -0.25) is 14.4 Å². The fourth-order valence-corrected chi connectivity index (χ4v) is 3.40. The van der Waals surface area contributed by atoms with Crippen LogP contribution in [0.15, 0.2) is 35.1 Å². The average Bonchev–Trinajstić information content (AvgIpc) is 2.59. The summed E-state index contributed by atoms with van der Waals surface area (Å²) in [6.45, 7) is 0.261. The number of hydrogen-bond acceptors (Lipinski definition) is 3. The van der Waals surface area contributed by atoms with E-state index in [0.29, 0.717) is 19.3 Å². The predicted molar refractivity (Wildman–Crippen MR) is 89.5 cm³/mol. The second-order valence-corrected chi connectivity index (χ2v) is 6.32. The molecular formula is C18H20N2O4. The fraction of sp³-hybridized carbons (Fsp3) is 0.389. The Morgan fingerprint density at radius 3 is 2.75 bits per heavy atom. The zero-order valence-corrected chi connectivity index (χ0v) is 13.2. The number of pyridine rings is 1. The molecule has 0 aliphatic heterocycles. The van der Waals surface area contributed by atoms with Crippen LogP contribution in [0.1, 0.15) is 31.2 Å². The van der Waals surface area contributed by atoms with E-state index in [-0.39, 0.29) is 23.9 Å². The number of nitrogens with one attached hydrogen (secondary N) is 2. The van der Waals surface area contributed by atoms with Crippen molar-refractivity contribution < 1.29 is 14.7 Å². The topological polar surface area (TPSA) is 99.3 Å². The number of rotatable bonds is 4. The molecule has 1 heterocycles. The molecule has 2 atom stereocenters. The van der Waals surface area contributed by atoms with Gasteiger partial charge >= 0.3 is 5.97 Å². The summed E-state index contributed by atoms with van der Waals surface area (Å²) in [5.41, 5.74) is 1.28. The van der Waals surface area contributed by atoms with E-state index >= 15 is 0 Å². The van der Waals surface area contributed by atoms with E-state index in [1.807, 2.05) is 24.3 Å². The lowest BCUT2D eigenvalue weighted by molar-refractivity contribution is -0.144. The van der Waals surface area contributed by atoms with Crippen molar-refractivity contribution in [1.82, 2.24) is 10.3 Å². The number of aromatic amines is 1. The van der Waals surface area contributed by atoms with Crippen LogP contribution in [0.5, 0.6) is 0 Å². The van der Waals surface area contributed by atoms with E-state index in [1.165, 1.54) is 6.07 Å². The van der Waals surface area contributed by atoms with E-state index in [9.17, 15) is 14.4 Å². The van der Waals surface area contributed by atoms with Gasteiger partial charge in [0, 0.05) is 29.4 Å². The minimum absolute atomic E-state index is 0.134. The van der Waals surface area contributed by atoms with Gasteiger partial charge in [-0.15, -0.1) is 0 Å². The van der Waals surface area contributed by atoms with Gasteiger partial charge in [-0.05, 0) is 30.9 Å². The first kappa shape index (κ1) is 16.2. The summed E-state index contributed by atoms with van der Waals surface area (Å²) in [6.07, 6.45) is 2.49. The first-order valence-corrected chi connectivity index (χ1v) is 8.16. The standard InChI is InChI=1S/C18H20N2O4/c21-16-9-13(14-6-1-2-7-15(14)20-16)10-19-17(22)11-4-3-5-12(8-11)18(23)24/h1-2,6-7,9,11-12H,3-5,8,10H2,(H,19,22)(H,20,21)(H,23,24). The number of H-pyrrole nitrogens is 1. The molecule has 0 spiro atoms. The molecule has 6 nitrogen and oxygen atoms in total. The number of carbonyl (C=O) groups excluding carboxylic acids is 1. The molecule has 0 bridgehead atoms. The summed E-state index contributed by atoms with van der Waals surface area (Å²) >= 11 is 0. The van der Waals surface area contributed by atoms with Gasteiger partial charge < -0.3 is 15.4 Å². The van der Waals surface area contributed by atoms with Crippen LogP contribution < -0.4 is 10.9 Å². The summed E-state index contributed by atoms with van der Waals surface area (Å²) in [4.78, 5) is 38.0. The van der Waals surface area contributed by atoms with Crippen molar-refractivity contribution in [1.29, 1.82) is 0 Å². The van der Waals surface area contributed by atoms with Gasteiger partial charge in [0.1, 0.15) is 0 Å². The van der Waals surface area contributed by atoms with Crippen LogP contribution in [-0.4, -0.2) is 22.0 Å². The molecule has 2 aromatic rings. The number of carboxylic acid groups (broad SMARTS) is 1. The smallest absolute Gasteiger partial charge is 0.306 e. The van der Waals surface area contributed by atoms with Crippen LogP contribution in [0.25, 0.3) is 10.9 Å². The SMILES string of the molecule is O=C(O)C1CCCC(C(=O)NCc2cc(=O)[nH]c3ccccc23)C1. The maximum atomic E-state index is 12.4. The Morgan fingerprint density at radius 2 is 1.96 bits per heavy atom. The molecule has 1 fully saturated rings. The molecule has 126 valence electrons. The minimum Gasteiger partial charge on any atom is -0.481 e. The normalized spacial score (nSPS) is 20.7. The number of fused-ring (bicyclic) bond motifs is 1. The Balaban J connectivity index is 1.71. The van der Waals surface area contributed by atoms with E-state index in [0.717, 1.165) is 22.9 Å². The molecular weight excluding hydrogens is 308 g/mol. The van der Waals surface area contributed by atoms with Crippen molar-refractivity contribution in [3.05, 3.63) is 46.2 Å². The largest absolute Gasteiger partial charge is 0.481 e. The van der Waals surface area contributed by atoms with Crippen LogP contribution in [0.3, 0.4) is 0 Å². The Labute approximate surface area is 138 Å². The quantitative estimate of drug-likeness (QED) is 0.799. The van der Waals surface area contributed by atoms with Crippen molar-refractivity contribution >= 4 is 22.8 Å². The molecule has 1 aliphatic carbocycles. The van der Waals surface area contributed by atoms with Crippen molar-refractivity contribution in [2.75, 3.05) is 0 Å². The zero-order valence-electron chi connectivity index (χ0n) is 13.2. The second-order valence-electron chi connectivity index (χ2n) is 6.32. The highest BCUT2D eigenvalue weighted by Crippen LogP contribution is 2.29. The van der Waals surface area contributed by atoms with E-state index < -0.39 is 11.9 Å². The van der Waals surface area contributed by atoms with Crippen molar-refractivity contribution in [3.63, 3.8) is 0 Å². The molecule has 1 aromatic heterocycles. The van der Waals surface area contributed by atoms with Gasteiger partial charge in [0.25, 0.3) is 0 Å². The molecule has 3 rings (SSSR count). The molecule has 0 saturated heterocycles. The van der Waals surface area contributed by atoms with Crippen LogP contribution in [0.2, 0.25) is 0 Å². The van der Waals surface area contributed by atoms with Crippen LogP contribution in [-0.2, 0) is 16.1 Å². The number of benzene rings is 1. The highest BCUT2D eigenvalue weighted by atomic mass is 16.4. The van der Waals surface area contributed by atoms with Crippen LogP contribution >= 0.6 is 0 Å². The molecule has 2 unspecified atom stereocenters. The second kappa shape index (κ2) is 6.86. The molecule has 1 amide bonds. The van der Waals surface area contributed by atoms with Gasteiger partial charge in [-0.25, -0.2) is 0 Å². The average molecular weight is 328 g/mol. The van der Waals surface area contributed by atoms with E-state index in [1.54, 1.807) is 0 Å². The maximum Gasteiger partial charge on any atom is 0.306 e. The summed E-state index contributed by atoms with van der Waals surface area (Å²) < 4.78 is 0. The highest BCUT2D eigenvalue weighted by Gasteiger charge is 2.30. The summed E-state index contributed by atoms with van der Waals surface area (Å²) in [5.74, 6) is -1.67. The first-order chi connectivity index (χ1) is 11.5. The fourth-order valence-electron chi connectivity index (χ4n) is 3.40. The van der Waals surface area contributed by atoms with Gasteiger partial charge in [0.2, 0.25) is 11.5 Å². The third-order valence-electron chi connectivity index (χ3n) is 4.68. The molecule has 0 radical (unpaired) electrons. The van der Waals surface area contributed by atoms with Gasteiger partial charge in [0.15, 0.2) is 0 Å². The van der Waals surface area contributed by atoms with Gasteiger partial charge in [-0.2, -0.15) is 0 Å². The minimum atomic E-state index is -0.826. The van der Waals surface area contributed by atoms with Crippen molar-refractivity contribution in [2.24, 2.45) is 11.8 Å². The molecule has 24 heavy (non-hydrogen) atoms. The van der Waals surface area contributed by atoms with Crippen LogP contribution in [0.4, 0.5) is 0 Å². The van der Waals surface area contributed by atoms with Gasteiger partial charge in [0.05, 0.1) is 5.92 Å². The Morgan fingerprint density at radius 1 is 1.21 bits per heavy atom. The summed E-state index contributed by atoms with van der Waals surface area (Å²) in [6, 6.07) is 8.93. The number of aliphatic carboxylic acids is 1. The number of para-hydroxylation sites is 1. The number of amides is 1. The first-order valence-electron chi connectivity index (χ1n) is 8.16. The highest BCUT2D eigenvalue weighted by molar-refractivity contribution is 5.83. The lowest BCUT2D eigenvalue weighted by Crippen LogP contribution is -2.35. The van der Waals surface area contributed by atoms with E-state index in [2.05, 4.69) is 10.3 Å². The molecule has 1 aromatic carbocycles. The number of carboxylic acids is 1. The van der Waals surface area contributed by atoms with Gasteiger partial charge in [-0.1, -0.05) is 24.6 Å². The molecule has 1 aliphatic rings. The van der Waals surface area contributed by atoms with E-state index in [4.69, 9.17) is 5.11 Å².